The van der Waals surface area contributed by atoms with E-state index < -0.39 is 5.67 Å². The molecule has 0 saturated carbocycles. The average Bonchev–Trinajstić information content (AvgIpc) is 2.36. The zero-order chi connectivity index (χ0) is 7.73. The molecule has 3 heteroatoms. The summed E-state index contributed by atoms with van der Waals surface area (Å²) in [4.78, 5) is 0. The van der Waals surface area contributed by atoms with Gasteiger partial charge in [0.25, 0.3) is 0 Å². The summed E-state index contributed by atoms with van der Waals surface area (Å²) in [6.45, 7) is 1.87. The van der Waals surface area contributed by atoms with Crippen molar-refractivity contribution in [2.75, 3.05) is 19.7 Å². The molecular weight excluding hydrogens is 145 g/mol. The van der Waals surface area contributed by atoms with E-state index in [1.165, 1.54) is 0 Å². The molecule has 2 aliphatic rings. The summed E-state index contributed by atoms with van der Waals surface area (Å²) in [6.07, 6.45) is 2.95. The smallest absolute Gasteiger partial charge is 0.138 e. The maximum absolute atomic E-state index is 13.4. The van der Waals surface area contributed by atoms with E-state index in [2.05, 4.69) is 5.32 Å². The lowest BCUT2D eigenvalue weighted by Gasteiger charge is -2.36. The van der Waals surface area contributed by atoms with Crippen LogP contribution >= 0.6 is 0 Å². The highest BCUT2D eigenvalue weighted by Crippen LogP contribution is 2.28. The van der Waals surface area contributed by atoms with Crippen LogP contribution < -0.4 is 5.32 Å². The Kier molecular flexibility index (Phi) is 1.85. The first-order valence-corrected chi connectivity index (χ1v) is 4.30. The first-order valence-electron chi connectivity index (χ1n) is 4.30. The predicted octanol–water partition coefficient (Wildman–Crippen LogP) is 0.867. The molecule has 1 atom stereocenters. The molecule has 2 aliphatic heterocycles. The number of rotatable bonds is 2. The minimum absolute atomic E-state index is 0.196. The Bertz CT molecular complexity index is 141. The van der Waals surface area contributed by atoms with E-state index in [4.69, 9.17) is 4.74 Å². The van der Waals surface area contributed by atoms with Gasteiger partial charge in [-0.05, 0) is 12.8 Å². The molecule has 0 aromatic rings. The largest absolute Gasteiger partial charge is 0.378 e. The number of nitrogens with one attached hydrogen (secondary N) is 1. The third-order valence-electron chi connectivity index (χ3n) is 2.50. The van der Waals surface area contributed by atoms with Crippen molar-refractivity contribution >= 4 is 0 Å². The van der Waals surface area contributed by atoms with Crippen LogP contribution in [0.1, 0.15) is 19.3 Å². The zero-order valence-corrected chi connectivity index (χ0v) is 6.61. The van der Waals surface area contributed by atoms with Gasteiger partial charge in [0.2, 0.25) is 0 Å². The van der Waals surface area contributed by atoms with Crippen LogP contribution in [0.4, 0.5) is 4.39 Å². The number of hydrogen-bond acceptors (Lipinski definition) is 2. The molecule has 0 radical (unpaired) electrons. The Balaban J connectivity index is 1.79. The minimum Gasteiger partial charge on any atom is -0.378 e. The van der Waals surface area contributed by atoms with Crippen LogP contribution in [0.5, 0.6) is 0 Å². The third kappa shape index (κ3) is 1.54. The van der Waals surface area contributed by atoms with Crippen LogP contribution in [0.3, 0.4) is 0 Å². The highest BCUT2D eigenvalue weighted by molar-refractivity contribution is 4.95. The lowest BCUT2D eigenvalue weighted by Crippen LogP contribution is -2.57. The molecule has 0 amide bonds. The molecule has 64 valence electrons. The number of ether oxygens (including phenoxy) is 1. The van der Waals surface area contributed by atoms with Gasteiger partial charge in [-0.1, -0.05) is 0 Å². The number of alkyl halides is 1. The molecule has 2 saturated heterocycles. The van der Waals surface area contributed by atoms with Crippen molar-refractivity contribution in [1.29, 1.82) is 0 Å². The number of halogens is 1. The second-order valence-electron chi connectivity index (χ2n) is 3.59. The van der Waals surface area contributed by atoms with E-state index in [-0.39, 0.29) is 6.10 Å². The molecule has 0 aromatic carbocycles. The lowest BCUT2D eigenvalue weighted by atomic mass is 9.91. The standard InChI is InChI=1S/C8H14FNO/c9-8(5-10-6-8)4-7-2-1-3-11-7/h7,10H,1-6H2/t7-/m1/s1. The van der Waals surface area contributed by atoms with Crippen LogP contribution in [0.2, 0.25) is 0 Å². The molecule has 1 N–H and O–H groups in total. The molecule has 0 bridgehead atoms. The summed E-state index contributed by atoms with van der Waals surface area (Å²) < 4.78 is 18.8. The third-order valence-corrected chi connectivity index (χ3v) is 2.50. The SMILES string of the molecule is FC1(C[C@H]2CCCO2)CNC1. The van der Waals surface area contributed by atoms with E-state index in [1.807, 2.05) is 0 Å². The predicted molar refractivity (Wildman–Crippen MR) is 40.3 cm³/mol. The second-order valence-corrected chi connectivity index (χ2v) is 3.59. The van der Waals surface area contributed by atoms with E-state index in [0.717, 1.165) is 19.4 Å². The van der Waals surface area contributed by atoms with E-state index in [0.29, 0.717) is 19.5 Å². The molecule has 2 heterocycles. The van der Waals surface area contributed by atoms with Gasteiger partial charge in [-0.15, -0.1) is 0 Å². The summed E-state index contributed by atoms with van der Waals surface area (Å²) in [5.74, 6) is 0. The van der Waals surface area contributed by atoms with Crippen LogP contribution in [0.25, 0.3) is 0 Å². The molecule has 11 heavy (non-hydrogen) atoms. The molecule has 0 spiro atoms. The summed E-state index contributed by atoms with van der Waals surface area (Å²) in [5, 5.41) is 2.95. The Labute approximate surface area is 66.1 Å². The molecule has 0 aliphatic carbocycles. The fraction of sp³-hybridized carbons (Fsp3) is 1.00. The molecule has 2 rings (SSSR count). The first-order chi connectivity index (χ1) is 5.29. The van der Waals surface area contributed by atoms with Crippen LogP contribution in [-0.2, 0) is 4.74 Å². The van der Waals surface area contributed by atoms with Gasteiger partial charge in [0.15, 0.2) is 0 Å². The van der Waals surface area contributed by atoms with Gasteiger partial charge < -0.3 is 10.1 Å². The maximum atomic E-state index is 13.4. The fourth-order valence-electron chi connectivity index (χ4n) is 1.75. The van der Waals surface area contributed by atoms with Crippen molar-refractivity contribution in [3.63, 3.8) is 0 Å². The molecule has 2 fully saturated rings. The summed E-state index contributed by atoms with van der Waals surface area (Å²) in [7, 11) is 0. The van der Waals surface area contributed by atoms with Gasteiger partial charge in [-0.2, -0.15) is 0 Å². The first kappa shape index (κ1) is 7.50. The van der Waals surface area contributed by atoms with Gasteiger partial charge in [-0.25, -0.2) is 4.39 Å². The van der Waals surface area contributed by atoms with Crippen LogP contribution in [0.15, 0.2) is 0 Å². The van der Waals surface area contributed by atoms with Crippen LogP contribution in [0, 0.1) is 0 Å². The Morgan fingerprint density at radius 2 is 2.36 bits per heavy atom. The van der Waals surface area contributed by atoms with Gasteiger partial charge in [0, 0.05) is 26.1 Å². The Morgan fingerprint density at radius 3 is 2.82 bits per heavy atom. The Morgan fingerprint density at radius 1 is 1.55 bits per heavy atom. The van der Waals surface area contributed by atoms with Crippen molar-refractivity contribution in [3.05, 3.63) is 0 Å². The van der Waals surface area contributed by atoms with Crippen molar-refractivity contribution in [2.45, 2.75) is 31.0 Å². The fourth-order valence-corrected chi connectivity index (χ4v) is 1.75. The van der Waals surface area contributed by atoms with E-state index in [1.54, 1.807) is 0 Å². The van der Waals surface area contributed by atoms with Crippen molar-refractivity contribution in [1.82, 2.24) is 5.32 Å². The summed E-state index contributed by atoms with van der Waals surface area (Å²) >= 11 is 0. The number of hydrogen-bond donors (Lipinski definition) is 1. The topological polar surface area (TPSA) is 21.3 Å². The summed E-state index contributed by atoms with van der Waals surface area (Å²) in [5.41, 5.74) is -0.949. The molecule has 0 unspecified atom stereocenters. The van der Waals surface area contributed by atoms with Crippen molar-refractivity contribution < 1.29 is 9.13 Å². The summed E-state index contributed by atoms with van der Waals surface area (Å²) in [6, 6.07) is 0. The lowest BCUT2D eigenvalue weighted by molar-refractivity contribution is 0.00947. The van der Waals surface area contributed by atoms with Gasteiger partial charge in [-0.3, -0.25) is 0 Å². The highest BCUT2D eigenvalue weighted by atomic mass is 19.1. The second kappa shape index (κ2) is 2.72. The maximum Gasteiger partial charge on any atom is 0.138 e. The molecular formula is C8H14FNO. The van der Waals surface area contributed by atoms with E-state index >= 15 is 0 Å². The zero-order valence-electron chi connectivity index (χ0n) is 6.61. The molecule has 2 nitrogen and oxygen atoms in total. The Hall–Kier alpha value is -0.150. The monoisotopic (exact) mass is 159 g/mol. The average molecular weight is 159 g/mol. The van der Waals surface area contributed by atoms with Gasteiger partial charge >= 0.3 is 0 Å². The van der Waals surface area contributed by atoms with Crippen molar-refractivity contribution in [2.24, 2.45) is 0 Å². The van der Waals surface area contributed by atoms with Crippen LogP contribution in [-0.4, -0.2) is 31.5 Å². The quantitative estimate of drug-likeness (QED) is 0.645. The highest BCUT2D eigenvalue weighted by Gasteiger charge is 2.39. The van der Waals surface area contributed by atoms with Gasteiger partial charge in [0.1, 0.15) is 5.67 Å². The minimum atomic E-state index is -0.949. The normalized spacial score (nSPS) is 35.2. The van der Waals surface area contributed by atoms with Crippen molar-refractivity contribution in [3.8, 4) is 0 Å². The van der Waals surface area contributed by atoms with E-state index in [9.17, 15) is 4.39 Å². The molecule has 0 aromatic heterocycles. The van der Waals surface area contributed by atoms with Gasteiger partial charge in [0.05, 0.1) is 6.10 Å².